The van der Waals surface area contributed by atoms with E-state index in [4.69, 9.17) is 5.26 Å². The van der Waals surface area contributed by atoms with Gasteiger partial charge in [-0.1, -0.05) is 12.1 Å². The molecule has 0 amide bonds. The van der Waals surface area contributed by atoms with Crippen molar-refractivity contribution in [2.24, 2.45) is 0 Å². The van der Waals surface area contributed by atoms with Crippen molar-refractivity contribution in [2.45, 2.75) is 6.54 Å². The molecule has 0 aliphatic rings. The predicted molar refractivity (Wildman–Crippen MR) is 61.5 cm³/mol. The average molecular weight is 245 g/mol. The van der Waals surface area contributed by atoms with Gasteiger partial charge in [0.1, 0.15) is 11.9 Å². The van der Waals surface area contributed by atoms with Gasteiger partial charge in [-0.3, -0.25) is 14.3 Å². The van der Waals surface area contributed by atoms with E-state index in [0.717, 1.165) is 4.57 Å². The summed E-state index contributed by atoms with van der Waals surface area (Å²) in [5.41, 5.74) is -1.00. The Balaban J connectivity index is 2.44. The van der Waals surface area contributed by atoms with Crippen molar-refractivity contribution in [1.82, 2.24) is 9.55 Å². The molecule has 1 aromatic heterocycles. The van der Waals surface area contributed by atoms with Crippen LogP contribution < -0.4 is 11.2 Å². The van der Waals surface area contributed by atoms with E-state index >= 15 is 0 Å². The first kappa shape index (κ1) is 11.8. The van der Waals surface area contributed by atoms with Crippen molar-refractivity contribution in [3.05, 3.63) is 68.2 Å². The predicted octanol–water partition coefficient (Wildman–Crippen LogP) is 0.596. The Morgan fingerprint density at radius 2 is 2.11 bits per heavy atom. The van der Waals surface area contributed by atoms with Crippen LogP contribution in [0.3, 0.4) is 0 Å². The SMILES string of the molecule is N#Cc1cccc(Cn2ccc(=O)[nH]c2=O)c1F. The molecule has 1 aromatic carbocycles. The van der Waals surface area contributed by atoms with E-state index in [1.54, 1.807) is 6.07 Å². The van der Waals surface area contributed by atoms with Crippen molar-refractivity contribution >= 4 is 0 Å². The maximum atomic E-state index is 13.8. The third-order valence-electron chi connectivity index (χ3n) is 2.44. The number of hydrogen-bond acceptors (Lipinski definition) is 3. The molecule has 0 saturated heterocycles. The molecular weight excluding hydrogens is 237 g/mol. The first-order valence-electron chi connectivity index (χ1n) is 5.09. The summed E-state index contributed by atoms with van der Waals surface area (Å²) in [6.45, 7) is -0.0447. The highest BCUT2D eigenvalue weighted by Gasteiger charge is 2.08. The van der Waals surface area contributed by atoms with Gasteiger partial charge < -0.3 is 0 Å². The van der Waals surface area contributed by atoms with Gasteiger partial charge in [-0.25, -0.2) is 9.18 Å². The van der Waals surface area contributed by atoms with Crippen molar-refractivity contribution in [3.63, 3.8) is 0 Å². The second-order valence-electron chi connectivity index (χ2n) is 3.63. The van der Waals surface area contributed by atoms with Crippen LogP contribution in [0.15, 0.2) is 40.1 Å². The highest BCUT2D eigenvalue weighted by atomic mass is 19.1. The molecule has 2 aromatic rings. The lowest BCUT2D eigenvalue weighted by Gasteiger charge is -2.06. The van der Waals surface area contributed by atoms with Gasteiger partial charge in [-0.15, -0.1) is 0 Å². The Hall–Kier alpha value is -2.68. The summed E-state index contributed by atoms with van der Waals surface area (Å²) in [4.78, 5) is 24.4. The molecule has 0 aliphatic heterocycles. The highest BCUT2D eigenvalue weighted by Crippen LogP contribution is 2.12. The number of aromatic nitrogens is 2. The molecule has 0 aliphatic carbocycles. The van der Waals surface area contributed by atoms with Gasteiger partial charge in [-0.05, 0) is 6.07 Å². The Bertz CT molecular complexity index is 740. The maximum Gasteiger partial charge on any atom is 0.328 e. The summed E-state index contributed by atoms with van der Waals surface area (Å²) in [6, 6.07) is 7.27. The maximum absolute atomic E-state index is 13.8. The highest BCUT2D eigenvalue weighted by molar-refractivity contribution is 5.35. The van der Waals surface area contributed by atoms with Gasteiger partial charge in [-0.2, -0.15) is 5.26 Å². The van der Waals surface area contributed by atoms with Gasteiger partial charge in [0, 0.05) is 17.8 Å². The van der Waals surface area contributed by atoms with Gasteiger partial charge in [0.2, 0.25) is 0 Å². The fraction of sp³-hybridized carbons (Fsp3) is 0.0833. The number of halogens is 1. The Morgan fingerprint density at radius 1 is 1.33 bits per heavy atom. The van der Waals surface area contributed by atoms with Gasteiger partial charge in [0.15, 0.2) is 0 Å². The third-order valence-corrected chi connectivity index (χ3v) is 2.44. The second kappa shape index (κ2) is 4.67. The van der Waals surface area contributed by atoms with E-state index < -0.39 is 17.1 Å². The number of benzene rings is 1. The largest absolute Gasteiger partial charge is 0.328 e. The minimum Gasteiger partial charge on any atom is -0.296 e. The first-order valence-corrected chi connectivity index (χ1v) is 5.09. The van der Waals surface area contributed by atoms with E-state index in [-0.39, 0.29) is 17.7 Å². The molecule has 90 valence electrons. The molecule has 6 heteroatoms. The Labute approximate surface area is 101 Å². The summed E-state index contributed by atoms with van der Waals surface area (Å²) >= 11 is 0. The fourth-order valence-corrected chi connectivity index (χ4v) is 1.54. The summed E-state index contributed by atoms with van der Waals surface area (Å²) in [5.74, 6) is -0.655. The van der Waals surface area contributed by atoms with Gasteiger partial charge in [0.25, 0.3) is 5.56 Å². The molecule has 5 nitrogen and oxygen atoms in total. The lowest BCUT2D eigenvalue weighted by molar-refractivity contribution is 0.589. The second-order valence-corrected chi connectivity index (χ2v) is 3.63. The van der Waals surface area contributed by atoms with Gasteiger partial charge in [0.05, 0.1) is 12.1 Å². The number of nitrogens with one attached hydrogen (secondary N) is 1. The van der Waals surface area contributed by atoms with Crippen molar-refractivity contribution < 1.29 is 4.39 Å². The standard InChI is InChI=1S/C12H8FN3O2/c13-11-8(6-14)2-1-3-9(11)7-16-5-4-10(17)15-12(16)18/h1-5H,7H2,(H,15,17,18). The molecule has 0 spiro atoms. The van der Waals surface area contributed by atoms with Crippen molar-refractivity contribution in [1.29, 1.82) is 5.26 Å². The number of aromatic amines is 1. The van der Waals surface area contributed by atoms with Crippen molar-refractivity contribution in [3.8, 4) is 6.07 Å². The summed E-state index contributed by atoms with van der Waals surface area (Å²) in [7, 11) is 0. The molecule has 1 N–H and O–H groups in total. The first-order chi connectivity index (χ1) is 8.61. The topological polar surface area (TPSA) is 78.7 Å². The molecular formula is C12H8FN3O2. The number of H-pyrrole nitrogens is 1. The summed E-state index contributed by atoms with van der Waals surface area (Å²) < 4.78 is 14.9. The quantitative estimate of drug-likeness (QED) is 0.841. The monoisotopic (exact) mass is 245 g/mol. The zero-order chi connectivity index (χ0) is 13.1. The normalized spacial score (nSPS) is 10.0. The van der Waals surface area contributed by atoms with Crippen LogP contribution in [0, 0.1) is 17.1 Å². The molecule has 0 bridgehead atoms. The van der Waals surface area contributed by atoms with E-state index in [1.807, 2.05) is 0 Å². The molecule has 1 heterocycles. The minimum absolute atomic E-state index is 0.0447. The van der Waals surface area contributed by atoms with Crippen LogP contribution in [0.5, 0.6) is 0 Å². The van der Waals surface area contributed by atoms with Gasteiger partial charge >= 0.3 is 5.69 Å². The number of nitriles is 1. The lowest BCUT2D eigenvalue weighted by atomic mass is 10.1. The van der Waals surface area contributed by atoms with E-state index in [0.29, 0.717) is 0 Å². The third kappa shape index (κ3) is 2.20. The lowest BCUT2D eigenvalue weighted by Crippen LogP contribution is -2.29. The molecule has 0 radical (unpaired) electrons. The number of nitrogens with zero attached hydrogens (tertiary/aromatic N) is 2. The average Bonchev–Trinajstić information content (AvgIpc) is 2.35. The molecule has 2 rings (SSSR count). The number of hydrogen-bond donors (Lipinski definition) is 1. The Kier molecular flexibility index (Phi) is 3.06. The van der Waals surface area contributed by atoms with Crippen LogP contribution in [0.1, 0.15) is 11.1 Å². The van der Waals surface area contributed by atoms with Crippen LogP contribution >= 0.6 is 0 Å². The summed E-state index contributed by atoms with van der Waals surface area (Å²) in [5, 5.41) is 8.69. The summed E-state index contributed by atoms with van der Waals surface area (Å²) in [6.07, 6.45) is 1.28. The van der Waals surface area contributed by atoms with E-state index in [9.17, 15) is 14.0 Å². The minimum atomic E-state index is -0.655. The fourth-order valence-electron chi connectivity index (χ4n) is 1.54. The molecule has 0 saturated carbocycles. The smallest absolute Gasteiger partial charge is 0.296 e. The van der Waals surface area contributed by atoms with Crippen molar-refractivity contribution in [2.75, 3.05) is 0 Å². The molecule has 0 atom stereocenters. The zero-order valence-electron chi connectivity index (χ0n) is 9.18. The van der Waals surface area contributed by atoms with Crippen LogP contribution in [-0.2, 0) is 6.54 Å². The van der Waals surface area contributed by atoms with Crippen LogP contribution in [0.4, 0.5) is 4.39 Å². The molecule has 0 fully saturated rings. The van der Waals surface area contributed by atoms with E-state index in [2.05, 4.69) is 4.98 Å². The number of rotatable bonds is 2. The molecule has 18 heavy (non-hydrogen) atoms. The molecule has 0 unspecified atom stereocenters. The van der Waals surface area contributed by atoms with Crippen LogP contribution in [0.2, 0.25) is 0 Å². The van der Waals surface area contributed by atoms with E-state index in [1.165, 1.54) is 30.5 Å². The Morgan fingerprint density at radius 3 is 2.78 bits per heavy atom. The zero-order valence-corrected chi connectivity index (χ0v) is 9.18. The van der Waals surface area contributed by atoms with Crippen LogP contribution in [-0.4, -0.2) is 9.55 Å². The van der Waals surface area contributed by atoms with Crippen LogP contribution in [0.25, 0.3) is 0 Å².